The summed E-state index contributed by atoms with van der Waals surface area (Å²) in [5.41, 5.74) is -0.103. The molecule has 1 aliphatic rings. The first-order chi connectivity index (χ1) is 9.00. The van der Waals surface area contributed by atoms with Gasteiger partial charge in [0.15, 0.2) is 5.03 Å². The van der Waals surface area contributed by atoms with Crippen molar-refractivity contribution in [3.05, 3.63) is 11.8 Å². The molecule has 1 aromatic heterocycles. The summed E-state index contributed by atoms with van der Waals surface area (Å²) in [4.78, 5) is 11.6. The van der Waals surface area contributed by atoms with Crippen LogP contribution >= 0.6 is 0 Å². The van der Waals surface area contributed by atoms with Gasteiger partial charge in [0.2, 0.25) is 0 Å². The average molecular weight is 289 g/mol. The van der Waals surface area contributed by atoms with E-state index in [1.165, 1.54) is 4.31 Å². The Labute approximate surface area is 110 Å². The molecule has 0 spiro atoms. The van der Waals surface area contributed by atoms with Gasteiger partial charge in [-0.25, -0.2) is 13.2 Å². The van der Waals surface area contributed by atoms with E-state index < -0.39 is 16.0 Å². The van der Waals surface area contributed by atoms with Gasteiger partial charge in [-0.05, 0) is 6.92 Å². The summed E-state index contributed by atoms with van der Waals surface area (Å²) in [7, 11) is -3.79. The topological polar surface area (TPSA) is 113 Å². The van der Waals surface area contributed by atoms with Crippen LogP contribution in [0.1, 0.15) is 17.3 Å². The summed E-state index contributed by atoms with van der Waals surface area (Å²) in [6.07, 6.45) is 1.13. The average Bonchev–Trinajstić information content (AvgIpc) is 2.77. The quantitative estimate of drug-likeness (QED) is 0.686. The number of hydrogen-bond donors (Lipinski definition) is 2. The van der Waals surface area contributed by atoms with Crippen molar-refractivity contribution in [3.63, 3.8) is 0 Å². The molecule has 9 heteroatoms. The van der Waals surface area contributed by atoms with E-state index in [1.54, 1.807) is 6.92 Å². The fraction of sp³-hybridized carbons (Fsp3) is 0.600. The molecule has 0 radical (unpaired) electrons. The summed E-state index contributed by atoms with van der Waals surface area (Å²) < 4.78 is 30.4. The molecular formula is C10H15N3O5S. The molecule has 106 valence electrons. The van der Waals surface area contributed by atoms with E-state index in [0.717, 1.165) is 6.20 Å². The second-order valence-corrected chi connectivity index (χ2v) is 6.08. The van der Waals surface area contributed by atoms with Gasteiger partial charge in [-0.15, -0.1) is 0 Å². The van der Waals surface area contributed by atoms with Gasteiger partial charge in [0.1, 0.15) is 5.56 Å². The number of carbonyl (C=O) groups is 1. The zero-order chi connectivity index (χ0) is 14.0. The molecule has 0 atom stereocenters. The number of carbonyl (C=O) groups excluding carboxylic acids is 1. The smallest absolute Gasteiger partial charge is 0.342 e. The van der Waals surface area contributed by atoms with Crippen LogP contribution < -0.4 is 0 Å². The maximum Gasteiger partial charge on any atom is 0.342 e. The molecule has 0 saturated carbocycles. The van der Waals surface area contributed by atoms with Crippen LogP contribution in [0, 0.1) is 5.92 Å². The van der Waals surface area contributed by atoms with Gasteiger partial charge in [0.25, 0.3) is 10.0 Å². The summed E-state index contributed by atoms with van der Waals surface area (Å²) >= 11 is 0. The summed E-state index contributed by atoms with van der Waals surface area (Å²) in [6.45, 7) is 2.20. The van der Waals surface area contributed by atoms with Crippen molar-refractivity contribution in [2.24, 2.45) is 5.92 Å². The fourth-order valence-corrected chi connectivity index (χ4v) is 3.44. The minimum Gasteiger partial charge on any atom is -0.462 e. The molecule has 0 bridgehead atoms. The molecule has 19 heavy (non-hydrogen) atoms. The van der Waals surface area contributed by atoms with Crippen molar-refractivity contribution in [2.45, 2.75) is 11.9 Å². The monoisotopic (exact) mass is 289 g/mol. The summed E-state index contributed by atoms with van der Waals surface area (Å²) in [5, 5.41) is 14.6. The Balaban J connectivity index is 2.23. The molecule has 2 heterocycles. The lowest BCUT2D eigenvalue weighted by Gasteiger charge is -2.36. The van der Waals surface area contributed by atoms with Crippen LogP contribution in [-0.4, -0.2) is 60.3 Å². The molecule has 8 nitrogen and oxygen atoms in total. The maximum atomic E-state index is 12.2. The van der Waals surface area contributed by atoms with E-state index >= 15 is 0 Å². The lowest BCUT2D eigenvalue weighted by Crippen LogP contribution is -2.51. The number of ether oxygens (including phenoxy) is 1. The Morgan fingerprint density at radius 1 is 1.63 bits per heavy atom. The predicted molar refractivity (Wildman–Crippen MR) is 63.9 cm³/mol. The Hall–Kier alpha value is -1.45. The van der Waals surface area contributed by atoms with Crippen molar-refractivity contribution in [1.82, 2.24) is 14.5 Å². The highest BCUT2D eigenvalue weighted by Gasteiger charge is 2.39. The van der Waals surface area contributed by atoms with Gasteiger partial charge >= 0.3 is 5.97 Å². The van der Waals surface area contributed by atoms with E-state index in [2.05, 4.69) is 10.2 Å². The molecule has 1 saturated heterocycles. The van der Waals surface area contributed by atoms with Crippen LogP contribution in [0.25, 0.3) is 0 Å². The number of aliphatic hydroxyl groups is 1. The minimum atomic E-state index is -3.79. The standard InChI is InChI=1S/C10H15N3O5S/c1-2-18-10(15)8-3-11-12-9(8)19(16,17)13-4-7(5-13)6-14/h3,7,14H,2,4-6H2,1H3,(H,11,12). The van der Waals surface area contributed by atoms with Crippen LogP contribution in [-0.2, 0) is 14.8 Å². The van der Waals surface area contributed by atoms with Crippen LogP contribution in [0.4, 0.5) is 0 Å². The molecule has 1 aliphatic heterocycles. The number of aliphatic hydroxyl groups excluding tert-OH is 1. The molecular weight excluding hydrogens is 274 g/mol. The third kappa shape index (κ3) is 2.48. The van der Waals surface area contributed by atoms with Crippen molar-refractivity contribution < 1.29 is 23.1 Å². The minimum absolute atomic E-state index is 0.0521. The Bertz CT molecular complexity index is 561. The molecule has 0 aliphatic carbocycles. The molecule has 1 aromatic rings. The number of hydrogen-bond acceptors (Lipinski definition) is 6. The second-order valence-electron chi connectivity index (χ2n) is 4.20. The number of nitrogens with one attached hydrogen (secondary N) is 1. The lowest BCUT2D eigenvalue weighted by atomic mass is 10.1. The van der Waals surface area contributed by atoms with Crippen molar-refractivity contribution >= 4 is 16.0 Å². The highest BCUT2D eigenvalue weighted by molar-refractivity contribution is 7.89. The summed E-state index contributed by atoms with van der Waals surface area (Å²) in [5.74, 6) is -0.780. The zero-order valence-corrected chi connectivity index (χ0v) is 11.2. The van der Waals surface area contributed by atoms with Gasteiger partial charge in [-0.1, -0.05) is 0 Å². The van der Waals surface area contributed by atoms with Crippen LogP contribution in [0.2, 0.25) is 0 Å². The predicted octanol–water partition coefficient (Wildman–Crippen LogP) is -0.801. The van der Waals surface area contributed by atoms with Gasteiger partial charge in [0.05, 0.1) is 12.8 Å². The van der Waals surface area contributed by atoms with Gasteiger partial charge in [0, 0.05) is 25.6 Å². The first-order valence-corrected chi connectivity index (χ1v) is 7.26. The number of H-pyrrole nitrogens is 1. The Morgan fingerprint density at radius 2 is 2.32 bits per heavy atom. The highest BCUT2D eigenvalue weighted by Crippen LogP contribution is 2.25. The molecule has 0 aromatic carbocycles. The summed E-state index contributed by atoms with van der Waals surface area (Å²) in [6, 6.07) is 0. The number of esters is 1. The number of rotatable bonds is 5. The van der Waals surface area contributed by atoms with Gasteiger partial charge in [-0.2, -0.15) is 9.40 Å². The van der Waals surface area contributed by atoms with E-state index in [-0.39, 0.29) is 42.8 Å². The first-order valence-electron chi connectivity index (χ1n) is 5.82. The highest BCUT2D eigenvalue weighted by atomic mass is 32.2. The van der Waals surface area contributed by atoms with Gasteiger partial charge < -0.3 is 9.84 Å². The van der Waals surface area contributed by atoms with Crippen molar-refractivity contribution in [3.8, 4) is 0 Å². The molecule has 2 N–H and O–H groups in total. The normalized spacial score (nSPS) is 17.2. The number of nitrogens with zero attached hydrogens (tertiary/aromatic N) is 2. The Morgan fingerprint density at radius 3 is 2.89 bits per heavy atom. The van der Waals surface area contributed by atoms with E-state index in [1.807, 2.05) is 0 Å². The van der Waals surface area contributed by atoms with Crippen LogP contribution in [0.3, 0.4) is 0 Å². The first kappa shape index (κ1) is 14.0. The largest absolute Gasteiger partial charge is 0.462 e. The number of sulfonamides is 1. The zero-order valence-electron chi connectivity index (χ0n) is 10.4. The van der Waals surface area contributed by atoms with Crippen LogP contribution in [0.15, 0.2) is 11.2 Å². The van der Waals surface area contributed by atoms with Crippen LogP contribution in [0.5, 0.6) is 0 Å². The van der Waals surface area contributed by atoms with E-state index in [0.29, 0.717) is 0 Å². The second kappa shape index (κ2) is 5.27. The fourth-order valence-electron chi connectivity index (χ4n) is 1.79. The SMILES string of the molecule is CCOC(=O)c1cn[nH]c1S(=O)(=O)N1CC(CO)C1. The van der Waals surface area contributed by atoms with E-state index in [9.17, 15) is 13.2 Å². The van der Waals surface area contributed by atoms with Crippen molar-refractivity contribution in [1.29, 1.82) is 0 Å². The van der Waals surface area contributed by atoms with Gasteiger partial charge in [-0.3, -0.25) is 5.10 Å². The van der Waals surface area contributed by atoms with Crippen molar-refractivity contribution in [2.75, 3.05) is 26.3 Å². The molecule has 2 rings (SSSR count). The molecule has 0 unspecified atom stereocenters. The number of aromatic amines is 1. The van der Waals surface area contributed by atoms with E-state index in [4.69, 9.17) is 9.84 Å². The Kier molecular flexibility index (Phi) is 3.88. The molecule has 1 fully saturated rings. The number of aromatic nitrogens is 2. The maximum absolute atomic E-state index is 12.2. The third-order valence-corrected chi connectivity index (χ3v) is 4.68. The lowest BCUT2D eigenvalue weighted by molar-refractivity contribution is 0.0521. The molecule has 0 amide bonds. The third-order valence-electron chi connectivity index (χ3n) is 2.88.